The molecule has 3 N–H and O–H groups in total. The Labute approximate surface area is 168 Å². The van der Waals surface area contributed by atoms with Crippen molar-refractivity contribution in [3.05, 3.63) is 36.7 Å². The Kier molecular flexibility index (Phi) is 8.88. The summed E-state index contributed by atoms with van der Waals surface area (Å²) >= 11 is 0. The van der Waals surface area contributed by atoms with Crippen LogP contribution >= 0.6 is 0 Å². The van der Waals surface area contributed by atoms with Gasteiger partial charge in [0.05, 0.1) is 6.54 Å². The van der Waals surface area contributed by atoms with Crippen molar-refractivity contribution in [2.24, 2.45) is 4.99 Å². The average Bonchev–Trinajstić information content (AvgIpc) is 2.67. The molecule has 0 saturated carbocycles. The summed E-state index contributed by atoms with van der Waals surface area (Å²) in [5.74, 6) is 0.724. The summed E-state index contributed by atoms with van der Waals surface area (Å²) in [7, 11) is -3.55. The van der Waals surface area contributed by atoms with Gasteiger partial charge in [-0.2, -0.15) is 0 Å². The topological polar surface area (TPSA) is 98.7 Å². The molecule has 1 saturated heterocycles. The highest BCUT2D eigenvalue weighted by Gasteiger charge is 2.19. The maximum atomic E-state index is 12.2. The van der Waals surface area contributed by atoms with Gasteiger partial charge in [-0.05, 0) is 38.8 Å². The molecule has 0 spiro atoms. The van der Waals surface area contributed by atoms with Crippen molar-refractivity contribution in [1.82, 2.24) is 25.2 Å². The minimum Gasteiger partial charge on any atom is -0.357 e. The summed E-state index contributed by atoms with van der Waals surface area (Å²) in [5.41, 5.74) is 1.19. The van der Waals surface area contributed by atoms with Crippen LogP contribution in [0.3, 0.4) is 0 Å². The van der Waals surface area contributed by atoms with E-state index in [4.69, 9.17) is 0 Å². The molecule has 1 aliphatic rings. The molecule has 2 rings (SSSR count). The highest BCUT2D eigenvalue weighted by Crippen LogP contribution is 2.11. The Hall–Kier alpha value is -1.97. The molecule has 1 aromatic heterocycles. The molecule has 2 heterocycles. The van der Waals surface area contributed by atoms with Gasteiger partial charge in [0.2, 0.25) is 10.0 Å². The molecule has 1 aromatic rings. The number of nitrogens with one attached hydrogen (secondary N) is 3. The first-order valence-corrected chi connectivity index (χ1v) is 11.2. The summed E-state index contributed by atoms with van der Waals surface area (Å²) in [6, 6.07) is 3.48. The molecule has 0 amide bonds. The highest BCUT2D eigenvalue weighted by atomic mass is 32.2. The molecule has 0 radical (unpaired) electrons. The van der Waals surface area contributed by atoms with Gasteiger partial charge < -0.3 is 10.6 Å². The van der Waals surface area contributed by atoms with E-state index in [-0.39, 0.29) is 11.4 Å². The van der Waals surface area contributed by atoms with E-state index in [0.717, 1.165) is 45.0 Å². The summed E-state index contributed by atoms with van der Waals surface area (Å²) in [6.45, 7) is 12.4. The van der Waals surface area contributed by atoms with Crippen molar-refractivity contribution >= 4 is 16.0 Å². The Morgan fingerprint density at radius 1 is 1.39 bits per heavy atom. The molecule has 0 aromatic carbocycles. The Bertz CT molecular complexity index is 743. The third-order valence-electron chi connectivity index (χ3n) is 4.38. The van der Waals surface area contributed by atoms with Crippen LogP contribution in [-0.4, -0.2) is 69.6 Å². The van der Waals surface area contributed by atoms with Gasteiger partial charge in [0, 0.05) is 51.2 Å². The van der Waals surface area contributed by atoms with E-state index in [1.54, 1.807) is 12.3 Å². The SMILES string of the molecule is C=C(C)CN1CCC(NC(=NCCNS(=O)(=O)c2cccnc2)NCC)CC1. The Balaban J connectivity index is 1.80. The Morgan fingerprint density at radius 2 is 2.14 bits per heavy atom. The van der Waals surface area contributed by atoms with Gasteiger partial charge in [-0.3, -0.25) is 14.9 Å². The average molecular weight is 409 g/mol. The number of likely N-dealkylation sites (tertiary alicyclic amines) is 1. The molecule has 0 bridgehead atoms. The van der Waals surface area contributed by atoms with Crippen LogP contribution in [0.2, 0.25) is 0 Å². The van der Waals surface area contributed by atoms with Crippen LogP contribution in [0.25, 0.3) is 0 Å². The zero-order valence-electron chi connectivity index (χ0n) is 16.8. The fourth-order valence-corrected chi connectivity index (χ4v) is 4.05. The van der Waals surface area contributed by atoms with Crippen LogP contribution in [0.5, 0.6) is 0 Å². The lowest BCUT2D eigenvalue weighted by molar-refractivity contribution is 0.221. The van der Waals surface area contributed by atoms with Gasteiger partial charge >= 0.3 is 0 Å². The van der Waals surface area contributed by atoms with Gasteiger partial charge in [-0.25, -0.2) is 13.1 Å². The lowest BCUT2D eigenvalue weighted by Gasteiger charge is -2.33. The fourth-order valence-electron chi connectivity index (χ4n) is 3.07. The van der Waals surface area contributed by atoms with Crippen LogP contribution in [0, 0.1) is 0 Å². The number of aromatic nitrogens is 1. The number of nitrogens with zero attached hydrogens (tertiary/aromatic N) is 3. The minimum absolute atomic E-state index is 0.158. The molecular formula is C19H32N6O2S. The van der Waals surface area contributed by atoms with Crippen molar-refractivity contribution in [2.75, 3.05) is 39.3 Å². The van der Waals surface area contributed by atoms with Gasteiger partial charge in [0.25, 0.3) is 0 Å². The van der Waals surface area contributed by atoms with E-state index >= 15 is 0 Å². The number of guanidine groups is 1. The Morgan fingerprint density at radius 3 is 2.75 bits per heavy atom. The third-order valence-corrected chi connectivity index (χ3v) is 5.83. The van der Waals surface area contributed by atoms with Crippen molar-refractivity contribution in [3.8, 4) is 0 Å². The number of piperidine rings is 1. The summed E-state index contributed by atoms with van der Waals surface area (Å²) in [4.78, 5) is 10.9. The van der Waals surface area contributed by atoms with Crippen LogP contribution in [0.15, 0.2) is 46.6 Å². The van der Waals surface area contributed by atoms with Crippen LogP contribution < -0.4 is 15.4 Å². The van der Waals surface area contributed by atoms with E-state index in [9.17, 15) is 8.42 Å². The molecule has 9 heteroatoms. The van der Waals surface area contributed by atoms with Crippen molar-refractivity contribution in [1.29, 1.82) is 0 Å². The number of pyridine rings is 1. The zero-order chi connectivity index (χ0) is 20.4. The van der Waals surface area contributed by atoms with Gasteiger partial charge in [-0.1, -0.05) is 12.2 Å². The van der Waals surface area contributed by atoms with Gasteiger partial charge in [0.15, 0.2) is 5.96 Å². The predicted molar refractivity (Wildman–Crippen MR) is 113 cm³/mol. The lowest BCUT2D eigenvalue weighted by atomic mass is 10.0. The number of hydrogen-bond acceptors (Lipinski definition) is 5. The first-order valence-electron chi connectivity index (χ1n) is 9.72. The fraction of sp³-hybridized carbons (Fsp3) is 0.579. The molecule has 0 aliphatic carbocycles. The van der Waals surface area contributed by atoms with Crippen molar-refractivity contribution in [2.45, 2.75) is 37.6 Å². The van der Waals surface area contributed by atoms with Crippen molar-refractivity contribution in [3.63, 3.8) is 0 Å². The molecule has 156 valence electrons. The quantitative estimate of drug-likeness (QED) is 0.244. The molecule has 28 heavy (non-hydrogen) atoms. The van der Waals surface area contributed by atoms with Crippen LogP contribution in [0.4, 0.5) is 0 Å². The smallest absolute Gasteiger partial charge is 0.242 e. The minimum atomic E-state index is -3.55. The maximum Gasteiger partial charge on any atom is 0.242 e. The second kappa shape index (κ2) is 11.1. The van der Waals surface area contributed by atoms with Gasteiger partial charge in [-0.15, -0.1) is 0 Å². The molecule has 1 fully saturated rings. The zero-order valence-corrected chi connectivity index (χ0v) is 17.6. The lowest BCUT2D eigenvalue weighted by Crippen LogP contribution is -2.49. The number of rotatable bonds is 9. The summed E-state index contributed by atoms with van der Waals surface area (Å²) in [6.07, 6.45) is 4.97. The van der Waals surface area contributed by atoms with Gasteiger partial charge in [0.1, 0.15) is 4.90 Å². The van der Waals surface area contributed by atoms with E-state index < -0.39 is 10.0 Å². The second-order valence-electron chi connectivity index (χ2n) is 7.00. The van der Waals surface area contributed by atoms with E-state index in [0.29, 0.717) is 12.6 Å². The van der Waals surface area contributed by atoms with E-state index in [1.807, 2.05) is 6.92 Å². The largest absolute Gasteiger partial charge is 0.357 e. The molecule has 1 aliphatic heterocycles. The van der Waals surface area contributed by atoms with E-state index in [1.165, 1.54) is 17.8 Å². The standard InChI is InChI=1S/C19H32N6O2S/c1-4-21-19(24-17-7-12-25(13-8-17)15-16(2)3)22-10-11-23-28(26,27)18-6-5-9-20-14-18/h5-6,9,14,17,23H,2,4,7-8,10-13,15H2,1,3H3,(H2,21,22,24). The highest BCUT2D eigenvalue weighted by molar-refractivity contribution is 7.89. The summed E-state index contributed by atoms with van der Waals surface area (Å²) < 4.78 is 26.9. The van der Waals surface area contributed by atoms with Crippen LogP contribution in [0.1, 0.15) is 26.7 Å². The number of hydrogen-bond donors (Lipinski definition) is 3. The molecule has 0 atom stereocenters. The normalized spacial score (nSPS) is 16.7. The first-order chi connectivity index (χ1) is 13.4. The molecule has 8 nitrogen and oxygen atoms in total. The molecule has 0 unspecified atom stereocenters. The number of aliphatic imine (C=N–C) groups is 1. The predicted octanol–water partition coefficient (Wildman–Crippen LogP) is 0.956. The second-order valence-corrected chi connectivity index (χ2v) is 8.77. The van der Waals surface area contributed by atoms with E-state index in [2.05, 4.69) is 43.7 Å². The third kappa shape index (κ3) is 7.57. The first kappa shape index (κ1) is 22.3. The molecular weight excluding hydrogens is 376 g/mol. The maximum absolute atomic E-state index is 12.2. The number of sulfonamides is 1. The van der Waals surface area contributed by atoms with Crippen molar-refractivity contribution < 1.29 is 8.42 Å². The monoisotopic (exact) mass is 408 g/mol. The van der Waals surface area contributed by atoms with Crippen LogP contribution in [-0.2, 0) is 10.0 Å². The summed E-state index contributed by atoms with van der Waals surface area (Å²) in [5, 5.41) is 6.69.